The summed E-state index contributed by atoms with van der Waals surface area (Å²) in [6.07, 6.45) is -3.48. The fraction of sp³-hybridized carbons (Fsp3) is 0.500. The number of hydrogen-bond donors (Lipinski definition) is 2. The van der Waals surface area contributed by atoms with Crippen LogP contribution in [-0.4, -0.2) is 36.5 Å². The zero-order valence-electron chi connectivity index (χ0n) is 12.3. The maximum atomic E-state index is 12.5. The van der Waals surface area contributed by atoms with Gasteiger partial charge in [-0.1, -0.05) is 12.1 Å². The third kappa shape index (κ3) is 6.55. The molecule has 132 valence electrons. The van der Waals surface area contributed by atoms with Gasteiger partial charge in [-0.3, -0.25) is 9.69 Å². The molecular formula is C14H20Cl2F3N3O. The second-order valence-corrected chi connectivity index (χ2v) is 5.19. The highest BCUT2D eigenvalue weighted by Crippen LogP contribution is 2.29. The van der Waals surface area contributed by atoms with Crippen LogP contribution < -0.4 is 11.1 Å². The number of halogens is 5. The largest absolute Gasteiger partial charge is 0.416 e. The average Bonchev–Trinajstić information content (AvgIpc) is 2.85. The molecule has 1 aliphatic heterocycles. The molecule has 9 heteroatoms. The van der Waals surface area contributed by atoms with E-state index in [1.165, 1.54) is 12.1 Å². The molecule has 2 rings (SSSR count). The highest BCUT2D eigenvalue weighted by Gasteiger charge is 2.30. The zero-order valence-corrected chi connectivity index (χ0v) is 13.9. The molecule has 1 aromatic carbocycles. The average molecular weight is 374 g/mol. The molecule has 1 unspecified atom stereocenters. The van der Waals surface area contributed by atoms with Crippen molar-refractivity contribution in [1.29, 1.82) is 0 Å². The van der Waals surface area contributed by atoms with E-state index in [-0.39, 0.29) is 43.3 Å². The van der Waals surface area contributed by atoms with E-state index in [0.717, 1.165) is 30.7 Å². The van der Waals surface area contributed by atoms with Gasteiger partial charge in [0.15, 0.2) is 0 Å². The Hall–Kier alpha value is -1.02. The molecule has 1 fully saturated rings. The van der Waals surface area contributed by atoms with Gasteiger partial charge in [-0.2, -0.15) is 13.2 Å². The molecule has 0 spiro atoms. The Balaban J connectivity index is 0.00000242. The maximum absolute atomic E-state index is 12.5. The Bertz CT molecular complexity index is 497. The number of likely N-dealkylation sites (tertiary alicyclic amines) is 1. The number of nitrogens with zero attached hydrogens (tertiary/aromatic N) is 1. The minimum Gasteiger partial charge on any atom is -0.351 e. The molecule has 0 radical (unpaired) electrons. The van der Waals surface area contributed by atoms with Crippen LogP contribution in [0, 0.1) is 0 Å². The summed E-state index contributed by atoms with van der Waals surface area (Å²) >= 11 is 0. The van der Waals surface area contributed by atoms with Gasteiger partial charge in [0.25, 0.3) is 0 Å². The van der Waals surface area contributed by atoms with Crippen LogP contribution >= 0.6 is 24.8 Å². The van der Waals surface area contributed by atoms with Gasteiger partial charge in [-0.05, 0) is 24.1 Å². The summed E-state index contributed by atoms with van der Waals surface area (Å²) in [5.74, 6) is -0.184. The van der Waals surface area contributed by atoms with Gasteiger partial charge in [-0.25, -0.2) is 0 Å². The summed E-state index contributed by atoms with van der Waals surface area (Å²) in [5.41, 5.74) is 5.43. The Kier molecular flexibility index (Phi) is 8.90. The van der Waals surface area contributed by atoms with Crippen LogP contribution in [0.1, 0.15) is 17.5 Å². The zero-order chi connectivity index (χ0) is 15.5. The number of amides is 1. The molecule has 4 nitrogen and oxygen atoms in total. The third-order valence-electron chi connectivity index (χ3n) is 3.51. The van der Waals surface area contributed by atoms with Crippen molar-refractivity contribution in [3.05, 3.63) is 35.4 Å². The van der Waals surface area contributed by atoms with E-state index < -0.39 is 11.7 Å². The van der Waals surface area contributed by atoms with Crippen LogP contribution in [-0.2, 0) is 17.5 Å². The van der Waals surface area contributed by atoms with Gasteiger partial charge in [0, 0.05) is 25.7 Å². The Morgan fingerprint density at radius 3 is 2.39 bits per heavy atom. The van der Waals surface area contributed by atoms with E-state index in [2.05, 4.69) is 10.2 Å². The number of benzene rings is 1. The highest BCUT2D eigenvalue weighted by molar-refractivity contribution is 5.85. The lowest BCUT2D eigenvalue weighted by molar-refractivity contribution is -0.137. The fourth-order valence-corrected chi connectivity index (χ4v) is 2.44. The van der Waals surface area contributed by atoms with Gasteiger partial charge in [0.2, 0.25) is 5.91 Å². The van der Waals surface area contributed by atoms with Crippen molar-refractivity contribution in [1.82, 2.24) is 10.2 Å². The summed E-state index contributed by atoms with van der Waals surface area (Å²) in [6.45, 7) is 2.03. The van der Waals surface area contributed by atoms with Gasteiger partial charge < -0.3 is 11.1 Å². The monoisotopic (exact) mass is 373 g/mol. The molecule has 0 aliphatic carbocycles. The molecule has 1 aliphatic rings. The minimum atomic E-state index is -4.30. The fourth-order valence-electron chi connectivity index (χ4n) is 2.44. The molecule has 3 N–H and O–H groups in total. The van der Waals surface area contributed by atoms with Gasteiger partial charge in [-0.15, -0.1) is 24.8 Å². The van der Waals surface area contributed by atoms with Crippen molar-refractivity contribution >= 4 is 30.7 Å². The lowest BCUT2D eigenvalue weighted by atomic mass is 10.1. The van der Waals surface area contributed by atoms with E-state index in [1.807, 2.05) is 0 Å². The second kappa shape index (κ2) is 9.32. The normalized spacial score (nSPS) is 18.0. The van der Waals surface area contributed by atoms with Gasteiger partial charge in [0.05, 0.1) is 12.1 Å². The van der Waals surface area contributed by atoms with Crippen molar-refractivity contribution in [3.8, 4) is 0 Å². The number of rotatable bonds is 4. The number of carbonyl (C=O) groups excluding carboxylic acids is 1. The molecule has 0 saturated carbocycles. The Labute approximate surface area is 145 Å². The quantitative estimate of drug-likeness (QED) is 0.850. The first-order valence-electron chi connectivity index (χ1n) is 6.76. The van der Waals surface area contributed by atoms with E-state index in [4.69, 9.17) is 5.73 Å². The second-order valence-electron chi connectivity index (χ2n) is 5.19. The summed E-state index contributed by atoms with van der Waals surface area (Å²) in [4.78, 5) is 13.3. The Morgan fingerprint density at radius 2 is 1.87 bits per heavy atom. The lowest BCUT2D eigenvalue weighted by Crippen LogP contribution is -2.40. The van der Waals surface area contributed by atoms with Crippen LogP contribution in [0.5, 0.6) is 0 Å². The molecule has 1 saturated heterocycles. The van der Waals surface area contributed by atoms with Gasteiger partial charge >= 0.3 is 6.18 Å². The standard InChI is InChI=1S/C14H18F3N3O.2ClH/c15-14(16,17)11-3-1-10(2-4-11)8-20-6-5-12(9-20)19-13(21)7-18;;/h1-4,12H,5-9,18H2,(H,19,21);2*1H. The SMILES string of the molecule is Cl.Cl.NCC(=O)NC1CCN(Cc2ccc(C(F)(F)F)cc2)C1. The molecule has 1 atom stereocenters. The summed E-state index contributed by atoms with van der Waals surface area (Å²) < 4.78 is 37.4. The van der Waals surface area contributed by atoms with Crippen molar-refractivity contribution < 1.29 is 18.0 Å². The molecule has 1 aromatic rings. The van der Waals surface area contributed by atoms with Crippen LogP contribution in [0.15, 0.2) is 24.3 Å². The van der Waals surface area contributed by atoms with Crippen LogP contribution in [0.3, 0.4) is 0 Å². The van der Waals surface area contributed by atoms with Gasteiger partial charge in [0.1, 0.15) is 0 Å². The van der Waals surface area contributed by atoms with E-state index >= 15 is 0 Å². The van der Waals surface area contributed by atoms with Crippen molar-refractivity contribution in [2.75, 3.05) is 19.6 Å². The molecule has 1 heterocycles. The number of alkyl halides is 3. The molecule has 0 aromatic heterocycles. The number of hydrogen-bond acceptors (Lipinski definition) is 3. The van der Waals surface area contributed by atoms with E-state index in [0.29, 0.717) is 13.1 Å². The number of nitrogens with two attached hydrogens (primary N) is 1. The molecule has 23 heavy (non-hydrogen) atoms. The predicted molar refractivity (Wildman–Crippen MR) is 86.8 cm³/mol. The van der Waals surface area contributed by atoms with Crippen molar-refractivity contribution in [2.45, 2.75) is 25.2 Å². The first-order chi connectivity index (χ1) is 9.88. The topological polar surface area (TPSA) is 58.4 Å². The van der Waals surface area contributed by atoms with Crippen LogP contribution in [0.25, 0.3) is 0 Å². The molecular weight excluding hydrogens is 354 g/mol. The van der Waals surface area contributed by atoms with Crippen LogP contribution in [0.4, 0.5) is 13.2 Å². The molecule has 0 bridgehead atoms. The summed E-state index contributed by atoms with van der Waals surface area (Å²) in [7, 11) is 0. The van der Waals surface area contributed by atoms with E-state index in [1.54, 1.807) is 0 Å². The molecule has 1 amide bonds. The maximum Gasteiger partial charge on any atom is 0.416 e. The first kappa shape index (κ1) is 22.0. The summed E-state index contributed by atoms with van der Waals surface area (Å²) in [6, 6.07) is 5.25. The third-order valence-corrected chi connectivity index (χ3v) is 3.51. The number of nitrogens with one attached hydrogen (secondary N) is 1. The lowest BCUT2D eigenvalue weighted by Gasteiger charge is -2.17. The first-order valence-corrected chi connectivity index (χ1v) is 6.76. The summed E-state index contributed by atoms with van der Waals surface area (Å²) in [5, 5.41) is 2.82. The van der Waals surface area contributed by atoms with Crippen LogP contribution in [0.2, 0.25) is 0 Å². The highest BCUT2D eigenvalue weighted by atomic mass is 35.5. The number of carbonyl (C=O) groups is 1. The van der Waals surface area contributed by atoms with Crippen molar-refractivity contribution in [2.24, 2.45) is 5.73 Å². The smallest absolute Gasteiger partial charge is 0.351 e. The Morgan fingerprint density at radius 1 is 1.26 bits per heavy atom. The minimum absolute atomic E-state index is 0. The van der Waals surface area contributed by atoms with E-state index in [9.17, 15) is 18.0 Å². The predicted octanol–water partition coefficient (Wildman–Crippen LogP) is 2.20. The van der Waals surface area contributed by atoms with Crippen molar-refractivity contribution in [3.63, 3.8) is 0 Å².